The van der Waals surface area contributed by atoms with Crippen LogP contribution in [0.3, 0.4) is 0 Å². The Morgan fingerprint density at radius 1 is 1.35 bits per heavy atom. The first-order valence-electron chi connectivity index (χ1n) is 6.74. The van der Waals surface area contributed by atoms with Gasteiger partial charge in [-0.25, -0.2) is 4.39 Å². The highest BCUT2D eigenvalue weighted by Gasteiger charge is 2.16. The predicted octanol–water partition coefficient (Wildman–Crippen LogP) is 3.56. The Kier molecular flexibility index (Phi) is 3.98. The van der Waals surface area contributed by atoms with Gasteiger partial charge in [0, 0.05) is 11.6 Å². The number of halogens is 2. The lowest BCUT2D eigenvalue weighted by molar-refractivity contribution is 0.357. The van der Waals surface area contributed by atoms with Gasteiger partial charge in [0.05, 0.1) is 11.6 Å². The van der Waals surface area contributed by atoms with E-state index in [4.69, 9.17) is 16.1 Å². The normalized spacial score (nSPS) is 15.9. The van der Waals surface area contributed by atoms with E-state index in [9.17, 15) is 4.39 Å². The average Bonchev–Trinajstić information content (AvgIpc) is 3.10. The van der Waals surface area contributed by atoms with Crippen LogP contribution in [0.4, 0.5) is 4.39 Å². The minimum absolute atomic E-state index is 0.0536. The van der Waals surface area contributed by atoms with Gasteiger partial charge in [0.2, 0.25) is 11.7 Å². The molecule has 1 aromatic carbocycles. The second kappa shape index (κ2) is 5.89. The molecule has 106 valence electrons. The van der Waals surface area contributed by atoms with Crippen molar-refractivity contribution < 1.29 is 8.91 Å². The topological polar surface area (TPSA) is 51.0 Å². The zero-order chi connectivity index (χ0) is 13.9. The van der Waals surface area contributed by atoms with Crippen molar-refractivity contribution in [2.75, 3.05) is 0 Å². The number of nitrogens with one attached hydrogen (secondary N) is 1. The van der Waals surface area contributed by atoms with E-state index in [0.717, 1.165) is 0 Å². The summed E-state index contributed by atoms with van der Waals surface area (Å²) in [5.74, 6) is 0.504. The van der Waals surface area contributed by atoms with E-state index in [0.29, 0.717) is 29.9 Å². The summed E-state index contributed by atoms with van der Waals surface area (Å²) in [6.45, 7) is 0.562. The summed E-state index contributed by atoms with van der Waals surface area (Å²) in [5, 5.41) is 7.35. The third kappa shape index (κ3) is 2.99. The van der Waals surface area contributed by atoms with E-state index in [1.807, 2.05) is 0 Å². The number of aromatic nitrogens is 2. The second-order valence-electron chi connectivity index (χ2n) is 5.00. The van der Waals surface area contributed by atoms with E-state index in [1.54, 1.807) is 6.07 Å². The molecule has 0 radical (unpaired) electrons. The third-order valence-corrected chi connectivity index (χ3v) is 3.83. The summed E-state index contributed by atoms with van der Waals surface area (Å²) in [6, 6.07) is 4.92. The van der Waals surface area contributed by atoms with Crippen LogP contribution in [0, 0.1) is 5.82 Å². The minimum atomic E-state index is -0.456. The van der Waals surface area contributed by atoms with Crippen LogP contribution >= 0.6 is 11.6 Å². The smallest absolute Gasteiger partial charge is 0.240 e. The van der Waals surface area contributed by atoms with Crippen molar-refractivity contribution in [1.29, 1.82) is 0 Å². The van der Waals surface area contributed by atoms with Crippen molar-refractivity contribution in [2.45, 2.75) is 38.3 Å². The Morgan fingerprint density at radius 2 is 2.15 bits per heavy atom. The molecule has 0 amide bonds. The summed E-state index contributed by atoms with van der Waals surface area (Å²) in [7, 11) is 0. The molecule has 0 atom stereocenters. The molecule has 0 aliphatic heterocycles. The van der Waals surface area contributed by atoms with Crippen LogP contribution in [0.1, 0.15) is 31.6 Å². The maximum absolute atomic E-state index is 13.1. The van der Waals surface area contributed by atoms with Gasteiger partial charge in [-0.1, -0.05) is 29.6 Å². The molecular weight excluding hydrogens is 281 g/mol. The quantitative estimate of drug-likeness (QED) is 0.937. The zero-order valence-electron chi connectivity index (χ0n) is 10.9. The van der Waals surface area contributed by atoms with Crippen LogP contribution in [0.5, 0.6) is 0 Å². The predicted molar refractivity (Wildman–Crippen MR) is 73.8 cm³/mol. The average molecular weight is 296 g/mol. The van der Waals surface area contributed by atoms with Gasteiger partial charge in [-0.2, -0.15) is 4.98 Å². The van der Waals surface area contributed by atoms with Crippen molar-refractivity contribution >= 4 is 11.6 Å². The third-order valence-electron chi connectivity index (χ3n) is 3.54. The molecule has 1 N–H and O–H groups in total. The first-order chi connectivity index (χ1) is 9.72. The van der Waals surface area contributed by atoms with Crippen molar-refractivity contribution in [3.63, 3.8) is 0 Å². The van der Waals surface area contributed by atoms with Crippen LogP contribution in [0.25, 0.3) is 11.4 Å². The zero-order valence-corrected chi connectivity index (χ0v) is 11.7. The summed E-state index contributed by atoms with van der Waals surface area (Å²) >= 11 is 5.74. The van der Waals surface area contributed by atoms with E-state index < -0.39 is 5.82 Å². The van der Waals surface area contributed by atoms with Crippen LogP contribution in [0.15, 0.2) is 22.7 Å². The fourth-order valence-electron chi connectivity index (χ4n) is 2.44. The van der Waals surface area contributed by atoms with Gasteiger partial charge in [-0.15, -0.1) is 0 Å². The fourth-order valence-corrected chi connectivity index (χ4v) is 2.62. The molecule has 1 aliphatic carbocycles. The lowest BCUT2D eigenvalue weighted by Gasteiger charge is -2.08. The minimum Gasteiger partial charge on any atom is -0.338 e. The number of hydrogen-bond donors (Lipinski definition) is 1. The molecule has 1 saturated carbocycles. The van der Waals surface area contributed by atoms with E-state index in [2.05, 4.69) is 15.5 Å². The maximum Gasteiger partial charge on any atom is 0.240 e. The van der Waals surface area contributed by atoms with Crippen molar-refractivity contribution in [1.82, 2.24) is 15.5 Å². The molecule has 0 unspecified atom stereocenters. The van der Waals surface area contributed by atoms with Gasteiger partial charge >= 0.3 is 0 Å². The molecule has 4 nitrogen and oxygen atoms in total. The van der Waals surface area contributed by atoms with Gasteiger partial charge in [0.25, 0.3) is 0 Å². The van der Waals surface area contributed by atoms with Crippen LogP contribution in [-0.2, 0) is 6.54 Å². The lowest BCUT2D eigenvalue weighted by atomic mass is 10.2. The number of nitrogens with zero attached hydrogens (tertiary/aromatic N) is 2. The molecule has 20 heavy (non-hydrogen) atoms. The number of rotatable bonds is 4. The molecule has 0 saturated heterocycles. The molecule has 0 spiro atoms. The molecule has 6 heteroatoms. The van der Waals surface area contributed by atoms with Crippen molar-refractivity contribution in [3.05, 3.63) is 34.9 Å². The number of benzene rings is 1. The molecule has 1 aliphatic rings. The maximum atomic E-state index is 13.1. The largest absolute Gasteiger partial charge is 0.338 e. The second-order valence-corrected chi connectivity index (χ2v) is 5.41. The molecule has 1 fully saturated rings. The molecule has 0 bridgehead atoms. The highest BCUT2D eigenvalue weighted by atomic mass is 35.5. The first-order valence-corrected chi connectivity index (χ1v) is 7.11. The summed E-state index contributed by atoms with van der Waals surface area (Å²) < 4.78 is 18.3. The molecular formula is C14H15ClFN3O. The van der Waals surface area contributed by atoms with Gasteiger partial charge in [-0.05, 0) is 31.0 Å². The molecule has 1 aromatic heterocycles. The highest BCUT2D eigenvalue weighted by Crippen LogP contribution is 2.23. The van der Waals surface area contributed by atoms with Crippen LogP contribution < -0.4 is 5.32 Å². The molecule has 3 rings (SSSR count). The number of hydrogen-bond acceptors (Lipinski definition) is 4. The Labute approximate surface area is 121 Å². The Bertz CT molecular complexity index is 596. The van der Waals surface area contributed by atoms with Crippen molar-refractivity contribution in [3.8, 4) is 11.4 Å². The van der Waals surface area contributed by atoms with Gasteiger partial charge in [-0.3, -0.25) is 0 Å². The Morgan fingerprint density at radius 3 is 2.90 bits per heavy atom. The van der Waals surface area contributed by atoms with Crippen LogP contribution in [-0.4, -0.2) is 16.2 Å². The highest BCUT2D eigenvalue weighted by molar-refractivity contribution is 6.31. The fraction of sp³-hybridized carbons (Fsp3) is 0.429. The SMILES string of the molecule is Fc1ccc(-c2noc(CNC3CCCC3)n2)cc1Cl. The van der Waals surface area contributed by atoms with Gasteiger partial charge in [0.1, 0.15) is 5.82 Å². The summed E-state index contributed by atoms with van der Waals surface area (Å²) in [5.41, 5.74) is 0.646. The standard InChI is InChI=1S/C14H15ClFN3O/c15-11-7-9(5-6-12(11)16)14-18-13(20-19-14)8-17-10-3-1-2-4-10/h5-7,10,17H,1-4,8H2. The van der Waals surface area contributed by atoms with Crippen molar-refractivity contribution in [2.24, 2.45) is 0 Å². The van der Waals surface area contributed by atoms with Crippen LogP contribution in [0.2, 0.25) is 5.02 Å². The Balaban J connectivity index is 1.67. The summed E-state index contributed by atoms with van der Waals surface area (Å²) in [6.07, 6.45) is 4.96. The summed E-state index contributed by atoms with van der Waals surface area (Å²) in [4.78, 5) is 4.29. The van der Waals surface area contributed by atoms with Gasteiger partial charge in [0.15, 0.2) is 0 Å². The molecule has 2 aromatic rings. The lowest BCUT2D eigenvalue weighted by Crippen LogP contribution is -2.25. The van der Waals surface area contributed by atoms with Gasteiger partial charge < -0.3 is 9.84 Å². The van der Waals surface area contributed by atoms with E-state index in [-0.39, 0.29) is 5.02 Å². The van der Waals surface area contributed by atoms with E-state index in [1.165, 1.54) is 37.8 Å². The van der Waals surface area contributed by atoms with E-state index >= 15 is 0 Å². The first kappa shape index (κ1) is 13.5. The monoisotopic (exact) mass is 295 g/mol. The molecule has 1 heterocycles. The Hall–Kier alpha value is -1.46.